The number of ether oxygens (including phenoxy) is 1. The highest BCUT2D eigenvalue weighted by molar-refractivity contribution is 5.25. The summed E-state index contributed by atoms with van der Waals surface area (Å²) in [6.45, 7) is 8.07. The minimum Gasteiger partial charge on any atom is -0.379 e. The molecule has 1 aromatic rings. The van der Waals surface area contributed by atoms with Gasteiger partial charge in [0.15, 0.2) is 0 Å². The molecule has 18 heavy (non-hydrogen) atoms. The van der Waals surface area contributed by atoms with E-state index in [2.05, 4.69) is 45.0 Å². The van der Waals surface area contributed by atoms with Crippen LogP contribution in [-0.4, -0.2) is 13.2 Å². The van der Waals surface area contributed by atoms with Gasteiger partial charge in [0.2, 0.25) is 0 Å². The van der Waals surface area contributed by atoms with Crippen LogP contribution in [0.1, 0.15) is 50.8 Å². The van der Waals surface area contributed by atoms with Crippen LogP contribution in [0.4, 0.5) is 0 Å². The Kier molecular flexibility index (Phi) is 6.99. The predicted octanol–water partition coefficient (Wildman–Crippen LogP) is 3.70. The van der Waals surface area contributed by atoms with E-state index in [1.807, 2.05) is 0 Å². The lowest BCUT2D eigenvalue weighted by molar-refractivity contribution is 0.118. The molecule has 1 atom stereocenters. The summed E-state index contributed by atoms with van der Waals surface area (Å²) in [4.78, 5) is 0. The molecule has 0 spiro atoms. The van der Waals surface area contributed by atoms with Crippen LogP contribution in [0.5, 0.6) is 0 Å². The van der Waals surface area contributed by atoms with E-state index in [0.29, 0.717) is 12.5 Å². The number of unbranched alkanes of at least 4 members (excludes halogenated alkanes) is 1. The molecule has 1 aromatic carbocycles. The van der Waals surface area contributed by atoms with Crippen molar-refractivity contribution in [2.45, 2.75) is 46.1 Å². The summed E-state index contributed by atoms with van der Waals surface area (Å²) in [5, 5.41) is 0. The van der Waals surface area contributed by atoms with E-state index in [1.165, 1.54) is 17.5 Å². The maximum absolute atomic E-state index is 6.10. The average Bonchev–Trinajstić information content (AvgIpc) is 2.34. The van der Waals surface area contributed by atoms with Crippen LogP contribution in [0.15, 0.2) is 24.3 Å². The number of nitrogens with two attached hydrogens (primary N) is 1. The molecule has 0 heterocycles. The molecular formula is C16H27NO. The Morgan fingerprint density at radius 3 is 2.39 bits per heavy atom. The van der Waals surface area contributed by atoms with E-state index < -0.39 is 0 Å². The molecule has 0 saturated carbocycles. The van der Waals surface area contributed by atoms with Crippen molar-refractivity contribution in [1.82, 2.24) is 0 Å². The molecule has 0 aliphatic carbocycles. The average molecular weight is 249 g/mol. The van der Waals surface area contributed by atoms with Gasteiger partial charge in [-0.1, -0.05) is 51.5 Å². The third kappa shape index (κ3) is 5.65. The van der Waals surface area contributed by atoms with Gasteiger partial charge in [0.05, 0.1) is 12.6 Å². The van der Waals surface area contributed by atoms with Gasteiger partial charge < -0.3 is 10.5 Å². The molecule has 0 bridgehead atoms. The quantitative estimate of drug-likeness (QED) is 0.713. The van der Waals surface area contributed by atoms with Crippen LogP contribution in [-0.2, 0) is 11.2 Å². The summed E-state index contributed by atoms with van der Waals surface area (Å²) < 4.78 is 5.56. The maximum atomic E-state index is 6.10. The summed E-state index contributed by atoms with van der Waals surface area (Å²) >= 11 is 0. The van der Waals surface area contributed by atoms with E-state index in [9.17, 15) is 0 Å². The first-order valence-corrected chi connectivity index (χ1v) is 7.05. The fraction of sp³-hybridized carbons (Fsp3) is 0.625. The zero-order chi connectivity index (χ0) is 13.4. The van der Waals surface area contributed by atoms with Crippen LogP contribution in [0.25, 0.3) is 0 Å². The summed E-state index contributed by atoms with van der Waals surface area (Å²) in [6, 6.07) is 8.62. The molecule has 0 aliphatic rings. The highest BCUT2D eigenvalue weighted by Crippen LogP contribution is 2.14. The molecule has 1 rings (SSSR count). The molecule has 2 nitrogen and oxygen atoms in total. The van der Waals surface area contributed by atoms with E-state index in [-0.39, 0.29) is 6.04 Å². The van der Waals surface area contributed by atoms with Gasteiger partial charge in [-0.2, -0.15) is 0 Å². The summed E-state index contributed by atoms with van der Waals surface area (Å²) in [5.74, 6) is 0.696. The number of rotatable bonds is 8. The molecule has 0 amide bonds. The molecule has 2 N–H and O–H groups in total. The number of benzene rings is 1. The molecule has 0 aliphatic heterocycles. The summed E-state index contributed by atoms with van der Waals surface area (Å²) in [6.07, 6.45) is 3.40. The Hall–Kier alpha value is -0.860. The van der Waals surface area contributed by atoms with Gasteiger partial charge in [0.1, 0.15) is 0 Å². The van der Waals surface area contributed by atoms with Gasteiger partial charge in [-0.15, -0.1) is 0 Å². The largest absolute Gasteiger partial charge is 0.379 e. The smallest absolute Gasteiger partial charge is 0.0659 e. The Balaban J connectivity index is 2.41. The van der Waals surface area contributed by atoms with Crippen molar-refractivity contribution in [3.8, 4) is 0 Å². The van der Waals surface area contributed by atoms with E-state index in [1.54, 1.807) is 0 Å². The first-order valence-electron chi connectivity index (χ1n) is 7.05. The molecule has 0 aromatic heterocycles. The van der Waals surface area contributed by atoms with Crippen LogP contribution in [0, 0.1) is 5.92 Å². The van der Waals surface area contributed by atoms with Crippen molar-refractivity contribution in [3.05, 3.63) is 35.4 Å². The zero-order valence-electron chi connectivity index (χ0n) is 12.0. The zero-order valence-corrected chi connectivity index (χ0v) is 12.0. The third-order valence-corrected chi connectivity index (χ3v) is 2.99. The number of hydrogen-bond donors (Lipinski definition) is 1. The second-order valence-electron chi connectivity index (χ2n) is 5.37. The van der Waals surface area contributed by atoms with Crippen LogP contribution >= 0.6 is 0 Å². The second-order valence-corrected chi connectivity index (χ2v) is 5.37. The standard InChI is InChI=1S/C16H27NO/c1-4-5-10-18-12-16(17)15-8-6-14(7-9-15)11-13(2)3/h6-9,13,16H,4-5,10-12,17H2,1-3H3. The van der Waals surface area contributed by atoms with Crippen LogP contribution in [0.2, 0.25) is 0 Å². The van der Waals surface area contributed by atoms with E-state index in [0.717, 1.165) is 19.4 Å². The first kappa shape index (κ1) is 15.2. The fourth-order valence-corrected chi connectivity index (χ4v) is 1.93. The topological polar surface area (TPSA) is 35.2 Å². The minimum absolute atomic E-state index is 0.00467. The van der Waals surface area contributed by atoms with Crippen molar-refractivity contribution in [1.29, 1.82) is 0 Å². The van der Waals surface area contributed by atoms with Gasteiger partial charge in [-0.3, -0.25) is 0 Å². The van der Waals surface area contributed by atoms with Gasteiger partial charge in [0.25, 0.3) is 0 Å². The van der Waals surface area contributed by atoms with Crippen molar-refractivity contribution >= 4 is 0 Å². The molecule has 2 heteroatoms. The monoisotopic (exact) mass is 249 g/mol. The molecule has 0 radical (unpaired) electrons. The maximum Gasteiger partial charge on any atom is 0.0659 e. The van der Waals surface area contributed by atoms with Crippen LogP contribution in [0.3, 0.4) is 0 Å². The van der Waals surface area contributed by atoms with Gasteiger partial charge >= 0.3 is 0 Å². The predicted molar refractivity (Wildman–Crippen MR) is 77.6 cm³/mol. The van der Waals surface area contributed by atoms with Crippen LogP contribution < -0.4 is 5.73 Å². The van der Waals surface area contributed by atoms with Crippen molar-refractivity contribution < 1.29 is 4.74 Å². The fourth-order valence-electron chi connectivity index (χ4n) is 1.93. The van der Waals surface area contributed by atoms with Gasteiger partial charge in [-0.05, 0) is 29.9 Å². The third-order valence-electron chi connectivity index (χ3n) is 2.99. The molecule has 1 unspecified atom stereocenters. The lowest BCUT2D eigenvalue weighted by atomic mass is 10.00. The second kappa shape index (κ2) is 8.28. The Morgan fingerprint density at radius 2 is 1.83 bits per heavy atom. The van der Waals surface area contributed by atoms with Crippen molar-refractivity contribution in [3.63, 3.8) is 0 Å². The lowest BCUT2D eigenvalue weighted by Gasteiger charge is -2.13. The van der Waals surface area contributed by atoms with Crippen molar-refractivity contribution in [2.75, 3.05) is 13.2 Å². The molecule has 0 saturated heterocycles. The van der Waals surface area contributed by atoms with Gasteiger partial charge in [-0.25, -0.2) is 0 Å². The summed E-state index contributed by atoms with van der Waals surface area (Å²) in [7, 11) is 0. The normalized spacial score (nSPS) is 12.9. The molecule has 0 fully saturated rings. The van der Waals surface area contributed by atoms with Gasteiger partial charge in [0, 0.05) is 6.61 Å². The first-order chi connectivity index (χ1) is 8.63. The minimum atomic E-state index is -0.00467. The van der Waals surface area contributed by atoms with E-state index >= 15 is 0 Å². The molecule has 102 valence electrons. The Bertz CT molecular complexity index is 318. The highest BCUT2D eigenvalue weighted by atomic mass is 16.5. The molecular weight excluding hydrogens is 222 g/mol. The Morgan fingerprint density at radius 1 is 1.17 bits per heavy atom. The highest BCUT2D eigenvalue weighted by Gasteiger charge is 2.06. The SMILES string of the molecule is CCCCOCC(N)c1ccc(CC(C)C)cc1. The van der Waals surface area contributed by atoms with E-state index in [4.69, 9.17) is 10.5 Å². The summed E-state index contributed by atoms with van der Waals surface area (Å²) in [5.41, 5.74) is 8.65. The Labute approximate surface area is 112 Å². The number of hydrogen-bond acceptors (Lipinski definition) is 2. The lowest BCUT2D eigenvalue weighted by Crippen LogP contribution is -2.17. The van der Waals surface area contributed by atoms with Crippen molar-refractivity contribution in [2.24, 2.45) is 11.7 Å².